The van der Waals surface area contributed by atoms with Gasteiger partial charge in [0.25, 0.3) is 0 Å². The number of alkyl halides is 3. The van der Waals surface area contributed by atoms with E-state index in [0.717, 1.165) is 31.5 Å². The molecule has 192 valence electrons. The lowest BCUT2D eigenvalue weighted by atomic mass is 9.97. The first-order valence-electron chi connectivity index (χ1n) is 12.1. The molecule has 0 radical (unpaired) electrons. The molecule has 2 fully saturated rings. The zero-order valence-corrected chi connectivity index (χ0v) is 20.2. The van der Waals surface area contributed by atoms with Gasteiger partial charge in [-0.05, 0) is 37.3 Å². The third-order valence-corrected chi connectivity index (χ3v) is 6.61. The zero-order valence-electron chi connectivity index (χ0n) is 20.2. The van der Waals surface area contributed by atoms with Gasteiger partial charge in [0, 0.05) is 51.0 Å². The van der Waals surface area contributed by atoms with Gasteiger partial charge in [0.1, 0.15) is 0 Å². The van der Waals surface area contributed by atoms with E-state index < -0.39 is 17.8 Å². The van der Waals surface area contributed by atoms with E-state index in [1.807, 2.05) is 0 Å². The number of fused-ring (bicyclic) bond motifs is 1. The quantitative estimate of drug-likeness (QED) is 0.678. The number of amides is 1. The molecule has 7 nitrogen and oxygen atoms in total. The summed E-state index contributed by atoms with van der Waals surface area (Å²) in [6, 6.07) is 0.880. The first-order chi connectivity index (χ1) is 16.2. The molecular formula is C24H37F3N4O3. The molecule has 4 rings (SSSR count). The molecule has 0 spiro atoms. The fourth-order valence-electron chi connectivity index (χ4n) is 4.95. The summed E-state index contributed by atoms with van der Waals surface area (Å²) in [5, 5.41) is 3.62. The lowest BCUT2D eigenvalue weighted by Gasteiger charge is -2.34. The van der Waals surface area contributed by atoms with E-state index in [9.17, 15) is 18.0 Å². The number of hydrogen-bond donors (Lipinski definition) is 2. The van der Waals surface area contributed by atoms with Crippen LogP contribution in [0, 0.1) is 5.92 Å². The van der Waals surface area contributed by atoms with Crippen molar-refractivity contribution in [2.45, 2.75) is 82.9 Å². The summed E-state index contributed by atoms with van der Waals surface area (Å²) in [7, 11) is 1.67. The van der Waals surface area contributed by atoms with Crippen LogP contribution in [0.25, 0.3) is 0 Å². The van der Waals surface area contributed by atoms with Crippen molar-refractivity contribution in [2.24, 2.45) is 11.7 Å². The molecule has 34 heavy (non-hydrogen) atoms. The number of ether oxygens (including phenoxy) is 2. The third kappa shape index (κ3) is 6.47. The Labute approximate surface area is 199 Å². The van der Waals surface area contributed by atoms with Gasteiger partial charge in [0.2, 0.25) is 5.91 Å². The molecule has 1 aliphatic carbocycles. The molecule has 0 aromatic carbocycles. The molecule has 1 saturated carbocycles. The van der Waals surface area contributed by atoms with E-state index in [-0.39, 0.29) is 43.1 Å². The number of nitrogens with two attached hydrogens (primary N) is 1. The van der Waals surface area contributed by atoms with Crippen molar-refractivity contribution in [1.29, 1.82) is 0 Å². The van der Waals surface area contributed by atoms with Gasteiger partial charge in [-0.1, -0.05) is 20.3 Å². The summed E-state index contributed by atoms with van der Waals surface area (Å²) < 4.78 is 50.2. The highest BCUT2D eigenvalue weighted by molar-refractivity contribution is 5.79. The largest absolute Gasteiger partial charge is 0.417 e. The van der Waals surface area contributed by atoms with Crippen LogP contribution in [0.5, 0.6) is 0 Å². The van der Waals surface area contributed by atoms with Crippen molar-refractivity contribution in [1.82, 2.24) is 15.2 Å². The van der Waals surface area contributed by atoms with E-state index >= 15 is 0 Å². The van der Waals surface area contributed by atoms with Gasteiger partial charge in [0.05, 0.1) is 30.0 Å². The standard InChI is InChI=1S/C21H29F3N4O3.C3H8/c1-30-18-11-31-5-4-17(18)27-15-3-2-12(7-15)20(29)28-9-13-6-14(21(22,23)24)8-26-19(13)16(25)10-28;1-3-2/h6,8,12,15-18,27H,2-5,7,9-11,25H2,1H3;3H2,1-2H3. The minimum absolute atomic E-state index is 0.00424. The maximum absolute atomic E-state index is 13.2. The zero-order chi connectivity index (χ0) is 24.9. The van der Waals surface area contributed by atoms with Gasteiger partial charge in [-0.3, -0.25) is 9.78 Å². The lowest BCUT2D eigenvalue weighted by Crippen LogP contribution is -2.50. The second-order valence-electron chi connectivity index (χ2n) is 9.42. The van der Waals surface area contributed by atoms with E-state index in [4.69, 9.17) is 15.2 Å². The number of rotatable bonds is 4. The number of aromatic nitrogens is 1. The Morgan fingerprint density at radius 3 is 2.74 bits per heavy atom. The maximum Gasteiger partial charge on any atom is 0.417 e. The lowest BCUT2D eigenvalue weighted by molar-refractivity contribution is -0.138. The van der Waals surface area contributed by atoms with Crippen molar-refractivity contribution in [3.8, 4) is 0 Å². The van der Waals surface area contributed by atoms with Gasteiger partial charge in [-0.15, -0.1) is 0 Å². The van der Waals surface area contributed by atoms with Crippen LogP contribution in [0.2, 0.25) is 0 Å². The number of halogens is 3. The number of methoxy groups -OCH3 is 1. The van der Waals surface area contributed by atoms with Crippen molar-refractivity contribution in [2.75, 3.05) is 26.9 Å². The summed E-state index contributed by atoms with van der Waals surface area (Å²) in [6.07, 6.45) is 0.763. The molecule has 3 N–H and O–H groups in total. The summed E-state index contributed by atoms with van der Waals surface area (Å²) in [5.74, 6) is -0.205. The smallest absolute Gasteiger partial charge is 0.379 e. The summed E-state index contributed by atoms with van der Waals surface area (Å²) in [4.78, 5) is 18.7. The Hall–Kier alpha value is -1.75. The number of nitrogens with one attached hydrogen (secondary N) is 1. The van der Waals surface area contributed by atoms with Gasteiger partial charge >= 0.3 is 6.18 Å². The van der Waals surface area contributed by atoms with Crippen LogP contribution in [-0.2, 0) is 27.0 Å². The van der Waals surface area contributed by atoms with Crippen LogP contribution in [0.4, 0.5) is 13.2 Å². The average Bonchev–Trinajstić information content (AvgIpc) is 3.27. The minimum Gasteiger partial charge on any atom is -0.379 e. The van der Waals surface area contributed by atoms with Crippen LogP contribution >= 0.6 is 0 Å². The highest BCUT2D eigenvalue weighted by Crippen LogP contribution is 2.34. The highest BCUT2D eigenvalue weighted by atomic mass is 19.4. The Balaban J connectivity index is 0.00000103. The van der Waals surface area contributed by atoms with Crippen molar-refractivity contribution in [3.63, 3.8) is 0 Å². The molecule has 5 atom stereocenters. The third-order valence-electron chi connectivity index (χ3n) is 6.61. The highest BCUT2D eigenvalue weighted by Gasteiger charge is 2.38. The summed E-state index contributed by atoms with van der Waals surface area (Å²) in [6.45, 7) is 5.87. The van der Waals surface area contributed by atoms with Crippen LogP contribution in [0.15, 0.2) is 12.3 Å². The van der Waals surface area contributed by atoms with E-state index in [1.165, 1.54) is 6.42 Å². The molecule has 1 amide bonds. The topological polar surface area (TPSA) is 89.7 Å². The number of nitrogens with zero attached hydrogens (tertiary/aromatic N) is 2. The van der Waals surface area contributed by atoms with Crippen LogP contribution in [-0.4, -0.2) is 60.8 Å². The van der Waals surface area contributed by atoms with Crippen molar-refractivity contribution >= 4 is 5.91 Å². The number of hydrogen-bond acceptors (Lipinski definition) is 6. The summed E-state index contributed by atoms with van der Waals surface area (Å²) in [5.41, 5.74) is 6.13. The average molecular weight is 487 g/mol. The number of carbonyl (C=O) groups is 1. The second kappa shape index (κ2) is 11.8. The Kier molecular flexibility index (Phi) is 9.31. The first-order valence-corrected chi connectivity index (χ1v) is 12.1. The second-order valence-corrected chi connectivity index (χ2v) is 9.42. The Morgan fingerprint density at radius 1 is 1.32 bits per heavy atom. The van der Waals surface area contributed by atoms with Gasteiger partial charge in [-0.2, -0.15) is 13.2 Å². The SMILES string of the molecule is CCC.COC1COCCC1NC1CCC(C(=O)N2Cc3cc(C(F)(F)F)cnc3C(N)C2)C1. The van der Waals surface area contributed by atoms with Gasteiger partial charge < -0.3 is 25.4 Å². The van der Waals surface area contributed by atoms with Gasteiger partial charge in [-0.25, -0.2) is 0 Å². The normalized spacial score (nSPS) is 29.3. The molecule has 1 aromatic heterocycles. The van der Waals surface area contributed by atoms with Crippen molar-refractivity contribution in [3.05, 3.63) is 29.1 Å². The molecule has 10 heteroatoms. The fourth-order valence-corrected chi connectivity index (χ4v) is 4.95. The Bertz CT molecular complexity index is 823. The van der Waals surface area contributed by atoms with Gasteiger partial charge in [0.15, 0.2) is 0 Å². The molecule has 0 bridgehead atoms. The fraction of sp³-hybridized carbons (Fsp3) is 0.750. The first kappa shape index (κ1) is 26.8. The number of carbonyl (C=O) groups excluding carboxylic acids is 1. The van der Waals surface area contributed by atoms with E-state index in [2.05, 4.69) is 24.1 Å². The molecule has 3 heterocycles. The minimum atomic E-state index is -4.48. The molecule has 2 aliphatic heterocycles. The van der Waals surface area contributed by atoms with E-state index in [1.54, 1.807) is 12.0 Å². The van der Waals surface area contributed by atoms with Crippen molar-refractivity contribution < 1.29 is 27.4 Å². The molecule has 1 saturated heterocycles. The Morgan fingerprint density at radius 2 is 2.06 bits per heavy atom. The predicted octanol–water partition coefficient (Wildman–Crippen LogP) is 3.42. The van der Waals surface area contributed by atoms with E-state index in [0.29, 0.717) is 30.9 Å². The molecular weight excluding hydrogens is 449 g/mol. The van der Waals surface area contributed by atoms with Crippen LogP contribution < -0.4 is 11.1 Å². The maximum atomic E-state index is 13.2. The van der Waals surface area contributed by atoms with Crippen LogP contribution in [0.3, 0.4) is 0 Å². The summed E-state index contributed by atoms with van der Waals surface area (Å²) >= 11 is 0. The van der Waals surface area contributed by atoms with Crippen LogP contribution in [0.1, 0.15) is 68.8 Å². The predicted molar refractivity (Wildman–Crippen MR) is 122 cm³/mol. The molecule has 5 unspecified atom stereocenters. The monoisotopic (exact) mass is 486 g/mol. The molecule has 1 aromatic rings. The molecule has 3 aliphatic rings. The number of pyridine rings is 1.